The van der Waals surface area contributed by atoms with E-state index in [2.05, 4.69) is 5.32 Å². The summed E-state index contributed by atoms with van der Waals surface area (Å²) in [6.07, 6.45) is 0.0722. The predicted octanol–water partition coefficient (Wildman–Crippen LogP) is 4.50. The van der Waals surface area contributed by atoms with Crippen LogP contribution in [0.15, 0.2) is 36.4 Å². The van der Waals surface area contributed by atoms with Gasteiger partial charge in [-0.25, -0.2) is 0 Å². The molecule has 150 valence electrons. The molecule has 2 aromatic rings. The van der Waals surface area contributed by atoms with E-state index in [0.717, 1.165) is 28.4 Å². The van der Waals surface area contributed by atoms with Gasteiger partial charge in [-0.2, -0.15) is 0 Å². The van der Waals surface area contributed by atoms with Gasteiger partial charge in [-0.05, 0) is 58.4 Å². The van der Waals surface area contributed by atoms with Crippen LogP contribution in [0, 0.1) is 13.8 Å². The first-order chi connectivity index (χ1) is 13.2. The summed E-state index contributed by atoms with van der Waals surface area (Å²) in [6.45, 7) is 9.83. The van der Waals surface area contributed by atoms with Gasteiger partial charge in [0.2, 0.25) is 0 Å². The Labute approximate surface area is 167 Å². The first-order valence-electron chi connectivity index (χ1n) is 9.60. The molecule has 0 spiro atoms. The lowest BCUT2D eigenvalue weighted by molar-refractivity contribution is -0.128. The van der Waals surface area contributed by atoms with Gasteiger partial charge in [0.25, 0.3) is 5.91 Å². The maximum atomic E-state index is 12.8. The maximum Gasteiger partial charge on any atom is 0.261 e. The molecule has 0 radical (unpaired) electrons. The van der Waals surface area contributed by atoms with Crippen molar-refractivity contribution in [2.45, 2.75) is 58.8 Å². The lowest BCUT2D eigenvalue weighted by atomic mass is 9.89. The molecule has 1 aliphatic rings. The normalized spacial score (nSPS) is 18.4. The Morgan fingerprint density at radius 2 is 1.96 bits per heavy atom. The summed E-state index contributed by atoms with van der Waals surface area (Å²) in [4.78, 5) is 12.8. The van der Waals surface area contributed by atoms with E-state index in [1.54, 1.807) is 14.0 Å². The van der Waals surface area contributed by atoms with Gasteiger partial charge in [0, 0.05) is 18.1 Å². The molecule has 0 saturated heterocycles. The van der Waals surface area contributed by atoms with Crippen LogP contribution in [-0.2, 0) is 4.79 Å². The number of methoxy groups -OCH3 is 1. The summed E-state index contributed by atoms with van der Waals surface area (Å²) in [7, 11) is 1.63. The highest BCUT2D eigenvalue weighted by atomic mass is 16.5. The molecular formula is C23H29NO4. The summed E-state index contributed by atoms with van der Waals surface area (Å²) in [6, 6.07) is 11.5. The topological polar surface area (TPSA) is 56.8 Å². The second-order valence-electron chi connectivity index (χ2n) is 8.06. The molecule has 1 N–H and O–H groups in total. The zero-order valence-electron chi connectivity index (χ0n) is 17.5. The number of hydrogen-bond donors (Lipinski definition) is 1. The number of nitrogens with one attached hydrogen (secondary N) is 1. The Balaban J connectivity index is 1.76. The van der Waals surface area contributed by atoms with E-state index in [4.69, 9.17) is 14.2 Å². The van der Waals surface area contributed by atoms with E-state index in [9.17, 15) is 4.79 Å². The zero-order valence-corrected chi connectivity index (χ0v) is 17.5. The van der Waals surface area contributed by atoms with Crippen molar-refractivity contribution >= 4 is 5.91 Å². The number of amides is 1. The van der Waals surface area contributed by atoms with E-state index in [1.165, 1.54) is 5.56 Å². The molecule has 28 heavy (non-hydrogen) atoms. The van der Waals surface area contributed by atoms with E-state index in [-0.39, 0.29) is 11.9 Å². The first kappa shape index (κ1) is 20.1. The monoisotopic (exact) mass is 383 g/mol. The number of benzene rings is 2. The number of fused-ring (bicyclic) bond motifs is 1. The molecular weight excluding hydrogens is 354 g/mol. The van der Waals surface area contributed by atoms with Crippen molar-refractivity contribution in [3.63, 3.8) is 0 Å². The highest BCUT2D eigenvalue weighted by Gasteiger charge is 2.35. The quantitative estimate of drug-likeness (QED) is 0.826. The number of ether oxygens (including phenoxy) is 3. The SMILES string of the molecule is COc1ccc2c(c1)OC(C)(C)C[C@@H]2NC(=O)[C@H](C)Oc1ccc(C)cc1C. The zero-order chi connectivity index (χ0) is 20.5. The predicted molar refractivity (Wildman–Crippen MR) is 109 cm³/mol. The van der Waals surface area contributed by atoms with Gasteiger partial charge in [-0.3, -0.25) is 4.79 Å². The highest BCUT2D eigenvalue weighted by molar-refractivity contribution is 5.81. The fraction of sp³-hybridized carbons (Fsp3) is 0.435. The third-order valence-electron chi connectivity index (χ3n) is 5.00. The third-order valence-corrected chi connectivity index (χ3v) is 5.00. The molecule has 1 aliphatic heterocycles. The molecule has 1 amide bonds. The molecule has 2 aromatic carbocycles. The Hall–Kier alpha value is -2.69. The first-order valence-corrected chi connectivity index (χ1v) is 9.60. The van der Waals surface area contributed by atoms with Gasteiger partial charge in [-0.15, -0.1) is 0 Å². The van der Waals surface area contributed by atoms with E-state index >= 15 is 0 Å². The van der Waals surface area contributed by atoms with Crippen molar-refractivity contribution in [2.24, 2.45) is 0 Å². The Bertz CT molecular complexity index is 875. The summed E-state index contributed by atoms with van der Waals surface area (Å²) >= 11 is 0. The Kier molecular flexibility index (Phi) is 5.54. The largest absolute Gasteiger partial charge is 0.497 e. The van der Waals surface area contributed by atoms with Crippen LogP contribution in [0.25, 0.3) is 0 Å². The molecule has 5 heteroatoms. The standard InChI is InChI=1S/C23H29NO4/c1-14-7-10-20(15(2)11-14)27-16(3)22(25)24-19-13-23(4,5)28-21-12-17(26-6)8-9-18(19)21/h7-12,16,19H,13H2,1-6H3,(H,24,25)/t16-,19-/m0/s1. The average Bonchev–Trinajstić information content (AvgIpc) is 2.62. The molecule has 0 aromatic heterocycles. The van der Waals surface area contributed by atoms with Crippen molar-refractivity contribution in [1.82, 2.24) is 5.32 Å². The van der Waals surface area contributed by atoms with E-state index in [0.29, 0.717) is 6.42 Å². The smallest absolute Gasteiger partial charge is 0.261 e. The molecule has 0 saturated carbocycles. The van der Waals surface area contributed by atoms with Crippen molar-refractivity contribution in [3.8, 4) is 17.2 Å². The molecule has 5 nitrogen and oxygen atoms in total. The van der Waals surface area contributed by atoms with Crippen molar-refractivity contribution < 1.29 is 19.0 Å². The molecule has 3 rings (SSSR count). The molecule has 2 atom stereocenters. The summed E-state index contributed by atoms with van der Waals surface area (Å²) in [5.74, 6) is 2.05. The molecule has 1 heterocycles. The number of hydrogen-bond acceptors (Lipinski definition) is 4. The minimum Gasteiger partial charge on any atom is -0.497 e. The molecule has 0 fully saturated rings. The van der Waals surface area contributed by atoms with Crippen molar-refractivity contribution in [3.05, 3.63) is 53.1 Å². The lowest BCUT2D eigenvalue weighted by Crippen LogP contribution is -2.44. The van der Waals surface area contributed by atoms with Crippen LogP contribution in [0.4, 0.5) is 0 Å². The number of carbonyl (C=O) groups is 1. The summed E-state index contributed by atoms with van der Waals surface area (Å²) < 4.78 is 17.3. The van der Waals surface area contributed by atoms with E-state index in [1.807, 2.05) is 64.1 Å². The maximum absolute atomic E-state index is 12.8. The minimum absolute atomic E-state index is 0.149. The van der Waals surface area contributed by atoms with Gasteiger partial charge in [0.05, 0.1) is 13.2 Å². The van der Waals surface area contributed by atoms with Gasteiger partial charge in [0.1, 0.15) is 22.8 Å². The lowest BCUT2D eigenvalue weighted by Gasteiger charge is -2.38. The van der Waals surface area contributed by atoms with Crippen molar-refractivity contribution in [1.29, 1.82) is 0 Å². The van der Waals surface area contributed by atoms with E-state index < -0.39 is 11.7 Å². The molecule has 0 bridgehead atoms. The van der Waals surface area contributed by atoms with Crippen LogP contribution >= 0.6 is 0 Å². The van der Waals surface area contributed by atoms with Gasteiger partial charge in [0.15, 0.2) is 6.10 Å². The fourth-order valence-electron chi connectivity index (χ4n) is 3.55. The van der Waals surface area contributed by atoms with Gasteiger partial charge < -0.3 is 19.5 Å². The number of aryl methyl sites for hydroxylation is 2. The van der Waals surface area contributed by atoms with Crippen LogP contribution in [0.2, 0.25) is 0 Å². The van der Waals surface area contributed by atoms with Crippen LogP contribution < -0.4 is 19.5 Å². The van der Waals surface area contributed by atoms with Crippen LogP contribution in [0.3, 0.4) is 0 Å². The van der Waals surface area contributed by atoms with Gasteiger partial charge >= 0.3 is 0 Å². The average molecular weight is 383 g/mol. The fourth-order valence-corrected chi connectivity index (χ4v) is 3.55. The number of rotatable bonds is 5. The second-order valence-corrected chi connectivity index (χ2v) is 8.06. The van der Waals surface area contributed by atoms with Crippen LogP contribution in [-0.4, -0.2) is 24.7 Å². The number of carbonyl (C=O) groups excluding carboxylic acids is 1. The van der Waals surface area contributed by atoms with Crippen LogP contribution in [0.5, 0.6) is 17.2 Å². The Morgan fingerprint density at radius 1 is 1.21 bits per heavy atom. The summed E-state index contributed by atoms with van der Waals surface area (Å²) in [5.41, 5.74) is 2.74. The highest BCUT2D eigenvalue weighted by Crippen LogP contribution is 2.41. The van der Waals surface area contributed by atoms with Crippen LogP contribution in [0.1, 0.15) is 49.9 Å². The molecule has 0 aliphatic carbocycles. The molecule has 0 unspecified atom stereocenters. The van der Waals surface area contributed by atoms with Gasteiger partial charge in [-0.1, -0.05) is 17.7 Å². The van der Waals surface area contributed by atoms with Crippen molar-refractivity contribution in [2.75, 3.05) is 7.11 Å². The summed E-state index contributed by atoms with van der Waals surface area (Å²) in [5, 5.41) is 3.13. The minimum atomic E-state index is -0.603. The third kappa shape index (κ3) is 4.41. The Morgan fingerprint density at radius 3 is 2.64 bits per heavy atom. The second kappa shape index (κ2) is 7.74.